The topological polar surface area (TPSA) is 67.6 Å². The standard InChI is InChI=1S/C16H21N3O3/c1-12-8-17-19(9-12)14-6-4-13(5-7-14)16(21)18(2)10-15(20)11-22-3/h4-9,15,20H,10-11H2,1-3H3. The molecule has 1 amide bonds. The van der Waals surface area contributed by atoms with E-state index in [1.807, 2.05) is 25.3 Å². The average Bonchev–Trinajstić information content (AvgIpc) is 2.93. The molecule has 1 unspecified atom stereocenters. The smallest absolute Gasteiger partial charge is 0.253 e. The van der Waals surface area contributed by atoms with E-state index in [0.29, 0.717) is 5.56 Å². The average molecular weight is 303 g/mol. The third-order valence-corrected chi connectivity index (χ3v) is 3.28. The fourth-order valence-electron chi connectivity index (χ4n) is 2.18. The number of aliphatic hydroxyl groups excluding tert-OH is 1. The Morgan fingerprint density at radius 1 is 1.41 bits per heavy atom. The number of hydrogen-bond acceptors (Lipinski definition) is 4. The molecule has 0 fully saturated rings. The number of likely N-dealkylation sites (N-methyl/N-ethyl adjacent to an activating group) is 1. The zero-order valence-corrected chi connectivity index (χ0v) is 13.1. The molecule has 0 saturated carbocycles. The van der Waals surface area contributed by atoms with Gasteiger partial charge in [0.05, 0.1) is 24.6 Å². The molecule has 0 spiro atoms. The van der Waals surface area contributed by atoms with Crippen molar-refractivity contribution < 1.29 is 14.6 Å². The van der Waals surface area contributed by atoms with E-state index < -0.39 is 6.10 Å². The highest BCUT2D eigenvalue weighted by molar-refractivity contribution is 5.94. The minimum atomic E-state index is -0.690. The third-order valence-electron chi connectivity index (χ3n) is 3.28. The number of nitrogens with zero attached hydrogens (tertiary/aromatic N) is 3. The van der Waals surface area contributed by atoms with E-state index in [1.165, 1.54) is 12.0 Å². The summed E-state index contributed by atoms with van der Waals surface area (Å²) in [7, 11) is 3.17. The third kappa shape index (κ3) is 3.93. The van der Waals surface area contributed by atoms with Gasteiger partial charge in [0.2, 0.25) is 0 Å². The zero-order chi connectivity index (χ0) is 16.1. The van der Waals surface area contributed by atoms with Crippen LogP contribution in [0.3, 0.4) is 0 Å². The number of rotatable bonds is 6. The van der Waals surface area contributed by atoms with Gasteiger partial charge in [0.1, 0.15) is 0 Å². The van der Waals surface area contributed by atoms with Crippen molar-refractivity contribution >= 4 is 5.91 Å². The van der Waals surface area contributed by atoms with Gasteiger partial charge in [-0.05, 0) is 36.8 Å². The monoisotopic (exact) mass is 303 g/mol. The molecular formula is C16H21N3O3. The van der Waals surface area contributed by atoms with Crippen LogP contribution in [0.1, 0.15) is 15.9 Å². The van der Waals surface area contributed by atoms with Gasteiger partial charge in [-0.15, -0.1) is 0 Å². The molecule has 118 valence electrons. The second kappa shape index (κ2) is 7.20. The molecule has 0 radical (unpaired) electrons. The first-order chi connectivity index (χ1) is 10.5. The highest BCUT2D eigenvalue weighted by atomic mass is 16.5. The molecule has 1 N–H and O–H groups in total. The predicted molar refractivity (Wildman–Crippen MR) is 83.1 cm³/mol. The number of ether oxygens (including phenoxy) is 1. The Bertz CT molecular complexity index is 622. The van der Waals surface area contributed by atoms with Crippen molar-refractivity contribution in [3.8, 4) is 5.69 Å². The molecule has 1 aromatic heterocycles. The summed E-state index contributed by atoms with van der Waals surface area (Å²) in [5, 5.41) is 13.9. The lowest BCUT2D eigenvalue weighted by atomic mass is 10.1. The fraction of sp³-hybridized carbons (Fsp3) is 0.375. The summed E-state index contributed by atoms with van der Waals surface area (Å²) in [5.41, 5.74) is 2.54. The molecule has 6 nitrogen and oxygen atoms in total. The van der Waals surface area contributed by atoms with Crippen LogP contribution < -0.4 is 0 Å². The number of aliphatic hydroxyl groups is 1. The number of aryl methyl sites for hydroxylation is 1. The van der Waals surface area contributed by atoms with Gasteiger partial charge in [-0.2, -0.15) is 5.10 Å². The van der Waals surface area contributed by atoms with Gasteiger partial charge in [0, 0.05) is 32.5 Å². The number of hydrogen-bond donors (Lipinski definition) is 1. The van der Waals surface area contributed by atoms with Crippen molar-refractivity contribution in [3.63, 3.8) is 0 Å². The highest BCUT2D eigenvalue weighted by Gasteiger charge is 2.15. The van der Waals surface area contributed by atoms with Crippen molar-refractivity contribution in [2.24, 2.45) is 0 Å². The van der Waals surface area contributed by atoms with Gasteiger partial charge >= 0.3 is 0 Å². The summed E-state index contributed by atoms with van der Waals surface area (Å²) in [6, 6.07) is 7.21. The van der Waals surface area contributed by atoms with Gasteiger partial charge in [0.25, 0.3) is 5.91 Å². The second-order valence-electron chi connectivity index (χ2n) is 5.30. The van der Waals surface area contributed by atoms with Crippen LogP contribution in [0.4, 0.5) is 0 Å². The van der Waals surface area contributed by atoms with E-state index in [4.69, 9.17) is 4.74 Å². The highest BCUT2D eigenvalue weighted by Crippen LogP contribution is 2.11. The van der Waals surface area contributed by atoms with Gasteiger partial charge in [-0.1, -0.05) is 0 Å². The van der Waals surface area contributed by atoms with Gasteiger partial charge in [0.15, 0.2) is 0 Å². The van der Waals surface area contributed by atoms with Crippen molar-refractivity contribution in [2.75, 3.05) is 27.3 Å². The van der Waals surface area contributed by atoms with E-state index >= 15 is 0 Å². The summed E-state index contributed by atoms with van der Waals surface area (Å²) in [6.07, 6.45) is 3.01. The van der Waals surface area contributed by atoms with Crippen LogP contribution in [0.5, 0.6) is 0 Å². The first-order valence-corrected chi connectivity index (χ1v) is 7.05. The van der Waals surface area contributed by atoms with Crippen LogP contribution >= 0.6 is 0 Å². The molecule has 1 heterocycles. The quantitative estimate of drug-likeness (QED) is 0.872. The van der Waals surface area contributed by atoms with Crippen molar-refractivity contribution in [3.05, 3.63) is 47.8 Å². The zero-order valence-electron chi connectivity index (χ0n) is 13.1. The maximum absolute atomic E-state index is 12.3. The molecule has 0 aliphatic rings. The molecule has 0 saturated heterocycles. The molecular weight excluding hydrogens is 282 g/mol. The molecule has 22 heavy (non-hydrogen) atoms. The van der Waals surface area contributed by atoms with Crippen LogP contribution in [-0.4, -0.2) is 59.1 Å². The number of carbonyl (C=O) groups is 1. The lowest BCUT2D eigenvalue weighted by Gasteiger charge is -2.20. The molecule has 0 aliphatic carbocycles. The number of benzene rings is 1. The maximum Gasteiger partial charge on any atom is 0.253 e. The Kier molecular flexibility index (Phi) is 5.30. The van der Waals surface area contributed by atoms with Crippen molar-refractivity contribution in [2.45, 2.75) is 13.0 Å². The summed E-state index contributed by atoms with van der Waals surface area (Å²) < 4.78 is 6.62. The van der Waals surface area contributed by atoms with Crippen LogP contribution in [-0.2, 0) is 4.74 Å². The van der Waals surface area contributed by atoms with Gasteiger partial charge in [-0.25, -0.2) is 4.68 Å². The number of amides is 1. The minimum Gasteiger partial charge on any atom is -0.389 e. The van der Waals surface area contributed by atoms with Crippen LogP contribution in [0.2, 0.25) is 0 Å². The first-order valence-electron chi connectivity index (χ1n) is 7.05. The predicted octanol–water partition coefficient (Wildman–Crippen LogP) is 1.26. The Labute approximate surface area is 129 Å². The van der Waals surface area contributed by atoms with Crippen LogP contribution in [0.25, 0.3) is 5.69 Å². The lowest BCUT2D eigenvalue weighted by molar-refractivity contribution is 0.0380. The maximum atomic E-state index is 12.3. The molecule has 6 heteroatoms. The van der Waals surface area contributed by atoms with E-state index in [1.54, 1.807) is 30.1 Å². The van der Waals surface area contributed by atoms with E-state index in [2.05, 4.69) is 5.10 Å². The Morgan fingerprint density at radius 2 is 2.09 bits per heavy atom. The fourth-order valence-corrected chi connectivity index (χ4v) is 2.18. The minimum absolute atomic E-state index is 0.140. The molecule has 1 aromatic carbocycles. The number of aromatic nitrogens is 2. The molecule has 2 rings (SSSR count). The molecule has 2 aromatic rings. The first kappa shape index (κ1) is 16.2. The lowest BCUT2D eigenvalue weighted by Crippen LogP contribution is -2.36. The molecule has 0 aliphatic heterocycles. The summed E-state index contributed by atoms with van der Waals surface area (Å²) in [6.45, 7) is 2.41. The number of carbonyl (C=O) groups excluding carboxylic acids is 1. The van der Waals surface area contributed by atoms with Crippen LogP contribution in [0.15, 0.2) is 36.7 Å². The largest absolute Gasteiger partial charge is 0.389 e. The second-order valence-corrected chi connectivity index (χ2v) is 5.30. The van der Waals surface area contributed by atoms with Gasteiger partial charge in [-0.3, -0.25) is 4.79 Å². The molecule has 0 bridgehead atoms. The summed E-state index contributed by atoms with van der Waals surface area (Å²) in [4.78, 5) is 13.8. The Morgan fingerprint density at radius 3 is 2.64 bits per heavy atom. The Hall–Kier alpha value is -2.18. The normalized spacial score (nSPS) is 12.2. The van der Waals surface area contributed by atoms with Gasteiger partial charge < -0.3 is 14.7 Å². The summed E-state index contributed by atoms with van der Waals surface area (Å²) in [5.74, 6) is -0.140. The van der Waals surface area contributed by atoms with E-state index in [-0.39, 0.29) is 19.1 Å². The van der Waals surface area contributed by atoms with Crippen molar-refractivity contribution in [1.29, 1.82) is 0 Å². The van der Waals surface area contributed by atoms with Crippen LogP contribution in [0, 0.1) is 6.92 Å². The number of methoxy groups -OCH3 is 1. The summed E-state index contributed by atoms with van der Waals surface area (Å²) >= 11 is 0. The van der Waals surface area contributed by atoms with E-state index in [9.17, 15) is 9.90 Å². The van der Waals surface area contributed by atoms with E-state index in [0.717, 1.165) is 11.3 Å². The SMILES string of the molecule is COCC(O)CN(C)C(=O)c1ccc(-n2cc(C)cn2)cc1. The van der Waals surface area contributed by atoms with Crippen molar-refractivity contribution in [1.82, 2.24) is 14.7 Å². The molecule has 1 atom stereocenters. The Balaban J connectivity index is 2.04.